The van der Waals surface area contributed by atoms with Gasteiger partial charge in [-0.3, -0.25) is 4.79 Å². The third-order valence-electron chi connectivity index (χ3n) is 3.70. The summed E-state index contributed by atoms with van der Waals surface area (Å²) in [6.07, 6.45) is 6.79. The Morgan fingerprint density at radius 2 is 2.00 bits per heavy atom. The van der Waals surface area contributed by atoms with E-state index in [0.717, 1.165) is 29.9 Å². The number of aryl methyl sites for hydroxylation is 1. The number of hydrogen-bond acceptors (Lipinski definition) is 3. The van der Waals surface area contributed by atoms with Crippen LogP contribution in [0.3, 0.4) is 0 Å². The Hall–Kier alpha value is -1.71. The van der Waals surface area contributed by atoms with Crippen molar-refractivity contribution in [1.82, 2.24) is 0 Å². The van der Waals surface area contributed by atoms with Crippen molar-refractivity contribution in [3.8, 4) is 11.5 Å². The molecule has 20 heavy (non-hydrogen) atoms. The van der Waals surface area contributed by atoms with Crippen LogP contribution in [0.4, 0.5) is 0 Å². The fraction of sp³-hybridized carbons (Fsp3) is 0.562. The molecule has 110 valence electrons. The highest BCUT2D eigenvalue weighted by Crippen LogP contribution is 2.32. The van der Waals surface area contributed by atoms with Crippen LogP contribution in [0.5, 0.6) is 11.5 Å². The first kappa shape index (κ1) is 14.7. The molecular formula is C16H22O4. The molecule has 0 spiro atoms. The van der Waals surface area contributed by atoms with E-state index in [9.17, 15) is 4.79 Å². The normalized spacial score (nSPS) is 15.8. The van der Waals surface area contributed by atoms with Gasteiger partial charge >= 0.3 is 5.97 Å². The number of hydrogen-bond donors (Lipinski definition) is 1. The largest absolute Gasteiger partial charge is 0.493 e. The second-order valence-electron chi connectivity index (χ2n) is 5.26. The molecular weight excluding hydrogens is 256 g/mol. The quantitative estimate of drug-likeness (QED) is 0.866. The molecule has 1 aromatic carbocycles. The number of rotatable bonds is 6. The lowest BCUT2D eigenvalue weighted by atomic mass is 9.98. The van der Waals surface area contributed by atoms with Crippen molar-refractivity contribution in [3.63, 3.8) is 0 Å². The van der Waals surface area contributed by atoms with Gasteiger partial charge in [-0.2, -0.15) is 0 Å². The Morgan fingerprint density at radius 3 is 2.65 bits per heavy atom. The van der Waals surface area contributed by atoms with E-state index in [1.165, 1.54) is 19.3 Å². The van der Waals surface area contributed by atoms with E-state index in [2.05, 4.69) is 0 Å². The monoisotopic (exact) mass is 278 g/mol. The first-order valence-corrected chi connectivity index (χ1v) is 7.24. The summed E-state index contributed by atoms with van der Waals surface area (Å²) in [5.41, 5.74) is 0.971. The summed E-state index contributed by atoms with van der Waals surface area (Å²) in [5.74, 6) is 0.674. The zero-order chi connectivity index (χ0) is 14.4. The maximum atomic E-state index is 10.6. The molecule has 0 aliphatic heterocycles. The van der Waals surface area contributed by atoms with Crippen molar-refractivity contribution in [1.29, 1.82) is 0 Å². The van der Waals surface area contributed by atoms with Gasteiger partial charge in [-0.1, -0.05) is 12.5 Å². The Bertz CT molecular complexity index is 450. The fourth-order valence-electron chi connectivity index (χ4n) is 2.58. The summed E-state index contributed by atoms with van der Waals surface area (Å²) in [6, 6.07) is 5.67. The number of benzene rings is 1. The molecule has 4 heteroatoms. The van der Waals surface area contributed by atoms with E-state index >= 15 is 0 Å². The molecule has 1 aliphatic carbocycles. The van der Waals surface area contributed by atoms with Gasteiger partial charge in [0.05, 0.1) is 13.2 Å². The summed E-state index contributed by atoms with van der Waals surface area (Å²) in [4.78, 5) is 10.6. The van der Waals surface area contributed by atoms with Crippen LogP contribution in [0, 0.1) is 0 Å². The van der Waals surface area contributed by atoms with Crippen molar-refractivity contribution < 1.29 is 19.4 Å². The Labute approximate surface area is 119 Å². The predicted octanol–water partition coefficient (Wildman–Crippen LogP) is 3.42. The van der Waals surface area contributed by atoms with E-state index in [-0.39, 0.29) is 12.5 Å². The molecule has 2 rings (SSSR count). The van der Waals surface area contributed by atoms with Crippen LogP contribution in [0.2, 0.25) is 0 Å². The van der Waals surface area contributed by atoms with Crippen LogP contribution in [-0.4, -0.2) is 24.3 Å². The number of aliphatic carboxylic acids is 1. The van der Waals surface area contributed by atoms with Gasteiger partial charge in [-0.05, 0) is 49.8 Å². The Kier molecular flexibility index (Phi) is 5.27. The first-order valence-electron chi connectivity index (χ1n) is 7.24. The van der Waals surface area contributed by atoms with Crippen molar-refractivity contribution in [3.05, 3.63) is 23.8 Å². The minimum Gasteiger partial charge on any atom is -0.493 e. The van der Waals surface area contributed by atoms with Gasteiger partial charge in [0.1, 0.15) is 0 Å². The number of methoxy groups -OCH3 is 1. The van der Waals surface area contributed by atoms with Gasteiger partial charge in [-0.25, -0.2) is 0 Å². The summed E-state index contributed by atoms with van der Waals surface area (Å²) < 4.78 is 11.4. The lowest BCUT2D eigenvalue weighted by molar-refractivity contribution is -0.136. The third kappa shape index (κ3) is 4.15. The van der Waals surface area contributed by atoms with E-state index in [0.29, 0.717) is 6.42 Å². The van der Waals surface area contributed by atoms with Crippen LogP contribution < -0.4 is 9.47 Å². The molecule has 0 amide bonds. The molecule has 0 saturated heterocycles. The number of carboxylic acid groups (broad SMARTS) is 1. The molecule has 1 N–H and O–H groups in total. The van der Waals surface area contributed by atoms with Gasteiger partial charge in [0, 0.05) is 6.42 Å². The minimum absolute atomic E-state index is 0.134. The van der Waals surface area contributed by atoms with Crippen molar-refractivity contribution in [2.75, 3.05) is 7.11 Å². The van der Waals surface area contributed by atoms with E-state index in [4.69, 9.17) is 14.6 Å². The third-order valence-corrected chi connectivity index (χ3v) is 3.70. The summed E-state index contributed by atoms with van der Waals surface area (Å²) in [6.45, 7) is 0. The van der Waals surface area contributed by atoms with E-state index < -0.39 is 5.97 Å². The van der Waals surface area contributed by atoms with Gasteiger partial charge in [0.15, 0.2) is 11.5 Å². The first-order chi connectivity index (χ1) is 9.69. The SMILES string of the molecule is COc1ccc(CCC(=O)O)cc1OC1CCCCC1. The topological polar surface area (TPSA) is 55.8 Å². The molecule has 0 unspecified atom stereocenters. The highest BCUT2D eigenvalue weighted by Gasteiger charge is 2.17. The van der Waals surface area contributed by atoms with Crippen molar-refractivity contribution in [2.45, 2.75) is 51.0 Å². The second kappa shape index (κ2) is 7.17. The standard InChI is InChI=1S/C16H22O4/c1-19-14-9-7-12(8-10-16(17)18)11-15(14)20-13-5-3-2-4-6-13/h7,9,11,13H,2-6,8,10H2,1H3,(H,17,18). The molecule has 0 radical (unpaired) electrons. The summed E-state index contributed by atoms with van der Waals surface area (Å²) in [7, 11) is 1.62. The van der Waals surface area contributed by atoms with Crippen LogP contribution in [-0.2, 0) is 11.2 Å². The van der Waals surface area contributed by atoms with Crippen LogP contribution >= 0.6 is 0 Å². The fourth-order valence-corrected chi connectivity index (χ4v) is 2.58. The van der Waals surface area contributed by atoms with E-state index in [1.54, 1.807) is 7.11 Å². The zero-order valence-corrected chi connectivity index (χ0v) is 11.9. The summed E-state index contributed by atoms with van der Waals surface area (Å²) in [5, 5.41) is 8.75. The van der Waals surface area contributed by atoms with Crippen LogP contribution in [0.25, 0.3) is 0 Å². The summed E-state index contributed by atoms with van der Waals surface area (Å²) >= 11 is 0. The molecule has 1 fully saturated rings. The lowest BCUT2D eigenvalue weighted by Gasteiger charge is -2.24. The molecule has 0 heterocycles. The maximum Gasteiger partial charge on any atom is 0.303 e. The van der Waals surface area contributed by atoms with Crippen molar-refractivity contribution in [2.24, 2.45) is 0 Å². The molecule has 1 aromatic rings. The average Bonchev–Trinajstić information content (AvgIpc) is 2.46. The highest BCUT2D eigenvalue weighted by molar-refractivity contribution is 5.67. The lowest BCUT2D eigenvalue weighted by Crippen LogP contribution is -2.20. The smallest absolute Gasteiger partial charge is 0.303 e. The molecule has 0 atom stereocenters. The van der Waals surface area contributed by atoms with Gasteiger partial charge < -0.3 is 14.6 Å². The molecule has 4 nitrogen and oxygen atoms in total. The highest BCUT2D eigenvalue weighted by atomic mass is 16.5. The van der Waals surface area contributed by atoms with Crippen LogP contribution in [0.1, 0.15) is 44.1 Å². The molecule has 1 saturated carbocycles. The molecule has 1 aliphatic rings. The van der Waals surface area contributed by atoms with Gasteiger partial charge in [0.25, 0.3) is 0 Å². The average molecular weight is 278 g/mol. The zero-order valence-electron chi connectivity index (χ0n) is 11.9. The second-order valence-corrected chi connectivity index (χ2v) is 5.26. The minimum atomic E-state index is -0.782. The number of carbonyl (C=O) groups is 1. The maximum absolute atomic E-state index is 10.6. The molecule has 0 aromatic heterocycles. The number of ether oxygens (including phenoxy) is 2. The van der Waals surface area contributed by atoms with Crippen LogP contribution in [0.15, 0.2) is 18.2 Å². The Balaban J connectivity index is 2.07. The predicted molar refractivity (Wildman–Crippen MR) is 76.5 cm³/mol. The van der Waals surface area contributed by atoms with E-state index in [1.807, 2.05) is 18.2 Å². The number of carboxylic acids is 1. The van der Waals surface area contributed by atoms with Gasteiger partial charge in [-0.15, -0.1) is 0 Å². The molecule has 0 bridgehead atoms. The van der Waals surface area contributed by atoms with Crippen molar-refractivity contribution >= 4 is 5.97 Å². The Morgan fingerprint density at radius 1 is 1.25 bits per heavy atom. The van der Waals surface area contributed by atoms with Gasteiger partial charge in [0.2, 0.25) is 0 Å².